The molecule has 0 aliphatic carbocycles. The SMILES string of the molecule is O=C(COc1ccccc1[N+](=O)[O-])N1CCc2ccccc2C1. The number of ether oxygens (including phenoxy) is 1. The molecular formula is C17H16N2O4. The van der Waals surface area contributed by atoms with E-state index in [0.29, 0.717) is 13.1 Å². The summed E-state index contributed by atoms with van der Waals surface area (Å²) in [4.78, 5) is 24.4. The summed E-state index contributed by atoms with van der Waals surface area (Å²) >= 11 is 0. The maximum atomic E-state index is 12.3. The number of carbonyl (C=O) groups is 1. The van der Waals surface area contributed by atoms with Gasteiger partial charge < -0.3 is 9.64 Å². The summed E-state index contributed by atoms with van der Waals surface area (Å²) in [5.74, 6) is -0.0547. The van der Waals surface area contributed by atoms with E-state index in [1.54, 1.807) is 17.0 Å². The molecule has 3 rings (SSSR count). The van der Waals surface area contributed by atoms with Crippen LogP contribution in [0.1, 0.15) is 11.1 Å². The van der Waals surface area contributed by atoms with E-state index in [2.05, 4.69) is 6.07 Å². The number of nitro benzene ring substituents is 1. The molecule has 0 fully saturated rings. The zero-order valence-electron chi connectivity index (χ0n) is 12.5. The minimum Gasteiger partial charge on any atom is -0.477 e. The van der Waals surface area contributed by atoms with Gasteiger partial charge in [-0.25, -0.2) is 0 Å². The molecule has 2 aromatic carbocycles. The summed E-state index contributed by atoms with van der Waals surface area (Å²) in [6, 6.07) is 14.1. The van der Waals surface area contributed by atoms with Crippen LogP contribution in [0.4, 0.5) is 5.69 Å². The molecule has 0 saturated carbocycles. The highest BCUT2D eigenvalue weighted by Gasteiger charge is 2.22. The lowest BCUT2D eigenvalue weighted by atomic mass is 10.00. The molecule has 6 nitrogen and oxygen atoms in total. The molecule has 0 N–H and O–H groups in total. The lowest BCUT2D eigenvalue weighted by Crippen LogP contribution is -2.38. The van der Waals surface area contributed by atoms with Crippen molar-refractivity contribution in [1.29, 1.82) is 0 Å². The standard InChI is InChI=1S/C17H16N2O4/c20-17(12-23-16-8-4-3-7-15(16)19(21)22)18-10-9-13-5-1-2-6-14(13)11-18/h1-8H,9-12H2. The van der Waals surface area contributed by atoms with Crippen LogP contribution >= 0.6 is 0 Å². The number of rotatable bonds is 4. The second kappa shape index (κ2) is 6.48. The number of nitro groups is 1. The van der Waals surface area contributed by atoms with E-state index in [1.165, 1.54) is 17.7 Å². The quantitative estimate of drug-likeness (QED) is 0.642. The molecule has 0 atom stereocenters. The average Bonchev–Trinajstić information content (AvgIpc) is 2.59. The van der Waals surface area contributed by atoms with Gasteiger partial charge in [0.15, 0.2) is 12.4 Å². The number of carbonyl (C=O) groups excluding carboxylic acids is 1. The van der Waals surface area contributed by atoms with Crippen molar-refractivity contribution in [2.45, 2.75) is 13.0 Å². The van der Waals surface area contributed by atoms with Gasteiger partial charge in [-0.05, 0) is 23.6 Å². The van der Waals surface area contributed by atoms with Crippen molar-refractivity contribution >= 4 is 11.6 Å². The van der Waals surface area contributed by atoms with Gasteiger partial charge in [0.2, 0.25) is 0 Å². The zero-order valence-corrected chi connectivity index (χ0v) is 12.5. The molecule has 1 amide bonds. The number of para-hydroxylation sites is 2. The summed E-state index contributed by atoms with van der Waals surface area (Å²) in [7, 11) is 0. The Morgan fingerprint density at radius 2 is 1.83 bits per heavy atom. The van der Waals surface area contributed by atoms with Crippen molar-refractivity contribution in [2.75, 3.05) is 13.2 Å². The first-order chi connectivity index (χ1) is 11.1. The smallest absolute Gasteiger partial charge is 0.310 e. The molecule has 0 spiro atoms. The number of hydrogen-bond acceptors (Lipinski definition) is 4. The highest BCUT2D eigenvalue weighted by molar-refractivity contribution is 5.78. The van der Waals surface area contributed by atoms with Crippen molar-refractivity contribution in [3.8, 4) is 5.75 Å². The van der Waals surface area contributed by atoms with Crippen molar-refractivity contribution in [1.82, 2.24) is 4.90 Å². The fraction of sp³-hybridized carbons (Fsp3) is 0.235. The van der Waals surface area contributed by atoms with Crippen molar-refractivity contribution in [2.24, 2.45) is 0 Å². The highest BCUT2D eigenvalue weighted by Crippen LogP contribution is 2.26. The summed E-state index contributed by atoms with van der Waals surface area (Å²) in [5, 5.41) is 10.9. The fourth-order valence-corrected chi connectivity index (χ4v) is 2.67. The van der Waals surface area contributed by atoms with E-state index >= 15 is 0 Å². The Balaban J connectivity index is 1.64. The van der Waals surface area contributed by atoms with E-state index in [4.69, 9.17) is 4.74 Å². The topological polar surface area (TPSA) is 72.7 Å². The summed E-state index contributed by atoms with van der Waals surface area (Å²) < 4.78 is 5.37. The summed E-state index contributed by atoms with van der Waals surface area (Å²) in [6.45, 7) is 0.984. The van der Waals surface area contributed by atoms with Crippen LogP contribution in [0.15, 0.2) is 48.5 Å². The number of amides is 1. The molecule has 118 valence electrons. The molecule has 0 unspecified atom stereocenters. The van der Waals surface area contributed by atoms with E-state index in [0.717, 1.165) is 12.0 Å². The Morgan fingerprint density at radius 1 is 1.13 bits per heavy atom. The molecule has 1 heterocycles. The zero-order chi connectivity index (χ0) is 16.2. The first-order valence-electron chi connectivity index (χ1n) is 7.36. The third kappa shape index (κ3) is 3.31. The van der Waals surface area contributed by atoms with Crippen molar-refractivity contribution in [3.63, 3.8) is 0 Å². The minimum atomic E-state index is -0.517. The lowest BCUT2D eigenvalue weighted by Gasteiger charge is -2.28. The van der Waals surface area contributed by atoms with Crippen molar-refractivity contribution < 1.29 is 14.5 Å². The molecule has 1 aliphatic heterocycles. The van der Waals surface area contributed by atoms with E-state index in [-0.39, 0.29) is 24.0 Å². The Hall–Kier alpha value is -2.89. The predicted octanol–water partition coefficient (Wildman–Crippen LogP) is 2.56. The molecule has 0 aromatic heterocycles. The van der Waals surface area contributed by atoms with Gasteiger partial charge >= 0.3 is 5.69 Å². The third-order valence-electron chi connectivity index (χ3n) is 3.90. The van der Waals surface area contributed by atoms with Gasteiger partial charge in [0, 0.05) is 19.2 Å². The molecule has 2 aromatic rings. The first kappa shape index (κ1) is 15.0. The molecular weight excluding hydrogens is 296 g/mol. The largest absolute Gasteiger partial charge is 0.477 e. The maximum Gasteiger partial charge on any atom is 0.310 e. The average molecular weight is 312 g/mol. The molecule has 0 radical (unpaired) electrons. The number of benzene rings is 2. The molecule has 1 aliphatic rings. The predicted molar refractivity (Wildman–Crippen MR) is 84.2 cm³/mol. The monoisotopic (exact) mass is 312 g/mol. The van der Waals surface area contributed by atoms with Gasteiger partial charge in [-0.3, -0.25) is 14.9 Å². The Morgan fingerprint density at radius 3 is 2.61 bits per heavy atom. The highest BCUT2D eigenvalue weighted by atomic mass is 16.6. The second-order valence-electron chi connectivity index (χ2n) is 5.35. The normalized spacial score (nSPS) is 13.3. The van der Waals surface area contributed by atoms with Gasteiger partial charge in [-0.2, -0.15) is 0 Å². The minimum absolute atomic E-state index is 0.114. The van der Waals surface area contributed by atoms with E-state index < -0.39 is 4.92 Å². The maximum absolute atomic E-state index is 12.3. The van der Waals surface area contributed by atoms with Crippen LogP contribution in [0.5, 0.6) is 5.75 Å². The van der Waals surface area contributed by atoms with Crippen LogP contribution < -0.4 is 4.74 Å². The van der Waals surface area contributed by atoms with Crippen LogP contribution in [0, 0.1) is 10.1 Å². The fourth-order valence-electron chi connectivity index (χ4n) is 2.67. The van der Waals surface area contributed by atoms with E-state index in [1.807, 2.05) is 18.2 Å². The van der Waals surface area contributed by atoms with Crippen LogP contribution in [0.2, 0.25) is 0 Å². The van der Waals surface area contributed by atoms with Crippen LogP contribution in [0.25, 0.3) is 0 Å². The second-order valence-corrected chi connectivity index (χ2v) is 5.35. The Labute approximate surface area is 133 Å². The van der Waals surface area contributed by atoms with Gasteiger partial charge in [0.05, 0.1) is 4.92 Å². The van der Waals surface area contributed by atoms with Crippen LogP contribution in [0.3, 0.4) is 0 Å². The molecule has 0 bridgehead atoms. The molecule has 23 heavy (non-hydrogen) atoms. The number of fused-ring (bicyclic) bond motifs is 1. The van der Waals surface area contributed by atoms with E-state index in [9.17, 15) is 14.9 Å². The first-order valence-corrected chi connectivity index (χ1v) is 7.36. The third-order valence-corrected chi connectivity index (χ3v) is 3.90. The van der Waals surface area contributed by atoms with Gasteiger partial charge in [0.1, 0.15) is 0 Å². The molecule has 6 heteroatoms. The Kier molecular flexibility index (Phi) is 4.23. The van der Waals surface area contributed by atoms with Gasteiger partial charge in [0.25, 0.3) is 5.91 Å². The Bertz CT molecular complexity index is 745. The number of hydrogen-bond donors (Lipinski definition) is 0. The van der Waals surface area contributed by atoms with Crippen LogP contribution in [-0.2, 0) is 17.8 Å². The van der Waals surface area contributed by atoms with Gasteiger partial charge in [-0.1, -0.05) is 36.4 Å². The number of nitrogens with zero attached hydrogens (tertiary/aromatic N) is 2. The van der Waals surface area contributed by atoms with Crippen LogP contribution in [-0.4, -0.2) is 28.9 Å². The summed E-state index contributed by atoms with van der Waals surface area (Å²) in [6.07, 6.45) is 0.813. The van der Waals surface area contributed by atoms with Crippen molar-refractivity contribution in [3.05, 3.63) is 69.8 Å². The molecule has 0 saturated heterocycles. The lowest BCUT2D eigenvalue weighted by molar-refractivity contribution is -0.385. The summed E-state index contributed by atoms with van der Waals surface area (Å²) in [5.41, 5.74) is 2.26. The van der Waals surface area contributed by atoms with Gasteiger partial charge in [-0.15, -0.1) is 0 Å².